The van der Waals surface area contributed by atoms with Crippen molar-refractivity contribution in [2.24, 2.45) is 0 Å². The minimum Gasteiger partial charge on any atom is -0.497 e. The summed E-state index contributed by atoms with van der Waals surface area (Å²) in [7, 11) is 4.85. The summed E-state index contributed by atoms with van der Waals surface area (Å²) in [5.41, 5.74) is 1.19. The van der Waals surface area contributed by atoms with Crippen molar-refractivity contribution < 1.29 is 22.6 Å². The zero-order chi connectivity index (χ0) is 25.3. The lowest BCUT2D eigenvalue weighted by Gasteiger charge is -2.22. The Balaban J connectivity index is 2.01. The standard InChI is InChI=1S/C26H28F3N3O3/c1-5-11-31(2)17-9-10-22(26(27,28)29)23(14-17)32-25(33)21-8-6-7-20(21)24(30-32)16-12-18(34-3)15-19(13-16)35-4/h9-10,12-15H,5-8,11H2,1-4H3. The van der Waals surface area contributed by atoms with Gasteiger partial charge in [-0.3, -0.25) is 4.79 Å². The fraction of sp³-hybridized carbons (Fsp3) is 0.385. The molecule has 0 amide bonds. The van der Waals surface area contributed by atoms with Crippen LogP contribution in [-0.2, 0) is 19.0 Å². The Kier molecular flexibility index (Phi) is 6.78. The predicted octanol–water partition coefficient (Wildman–Crippen LogP) is 5.27. The fourth-order valence-corrected chi connectivity index (χ4v) is 4.55. The first-order chi connectivity index (χ1) is 16.7. The van der Waals surface area contributed by atoms with Crippen LogP contribution in [0.1, 0.15) is 36.5 Å². The van der Waals surface area contributed by atoms with Gasteiger partial charge < -0.3 is 14.4 Å². The molecule has 9 heteroatoms. The number of rotatable bonds is 7. The van der Waals surface area contributed by atoms with Gasteiger partial charge in [0, 0.05) is 36.5 Å². The van der Waals surface area contributed by atoms with E-state index in [1.165, 1.54) is 26.4 Å². The van der Waals surface area contributed by atoms with Gasteiger partial charge in [0.25, 0.3) is 5.56 Å². The molecule has 186 valence electrons. The second-order valence-corrected chi connectivity index (χ2v) is 8.60. The molecule has 35 heavy (non-hydrogen) atoms. The van der Waals surface area contributed by atoms with Gasteiger partial charge in [0.05, 0.1) is 31.2 Å². The van der Waals surface area contributed by atoms with E-state index in [1.807, 2.05) is 18.9 Å². The average Bonchev–Trinajstić information content (AvgIpc) is 3.34. The summed E-state index contributed by atoms with van der Waals surface area (Å²) >= 11 is 0. The maximum absolute atomic E-state index is 14.1. The average molecular weight is 488 g/mol. The Morgan fingerprint density at radius 2 is 1.69 bits per heavy atom. The third-order valence-corrected chi connectivity index (χ3v) is 6.29. The van der Waals surface area contributed by atoms with Gasteiger partial charge in [-0.25, -0.2) is 0 Å². The summed E-state index contributed by atoms with van der Waals surface area (Å²) in [6.45, 7) is 2.65. The molecule has 0 radical (unpaired) electrons. The van der Waals surface area contributed by atoms with Gasteiger partial charge in [0.2, 0.25) is 0 Å². The van der Waals surface area contributed by atoms with Crippen LogP contribution in [0, 0.1) is 0 Å². The topological polar surface area (TPSA) is 56.6 Å². The quantitative estimate of drug-likeness (QED) is 0.455. The number of methoxy groups -OCH3 is 2. The van der Waals surface area contributed by atoms with Crippen molar-refractivity contribution in [2.45, 2.75) is 38.8 Å². The van der Waals surface area contributed by atoms with Crippen molar-refractivity contribution in [3.8, 4) is 28.4 Å². The number of fused-ring (bicyclic) bond motifs is 1. The van der Waals surface area contributed by atoms with E-state index >= 15 is 0 Å². The van der Waals surface area contributed by atoms with E-state index in [0.29, 0.717) is 53.4 Å². The number of halogens is 3. The Labute approximate surface area is 201 Å². The highest BCUT2D eigenvalue weighted by Gasteiger charge is 2.36. The highest BCUT2D eigenvalue weighted by atomic mass is 19.4. The molecule has 0 aliphatic heterocycles. The molecule has 0 saturated carbocycles. The first-order valence-electron chi connectivity index (χ1n) is 11.5. The van der Waals surface area contributed by atoms with E-state index in [9.17, 15) is 18.0 Å². The number of anilines is 1. The minimum absolute atomic E-state index is 0.284. The lowest BCUT2D eigenvalue weighted by molar-refractivity contribution is -0.137. The molecule has 0 fully saturated rings. The van der Waals surface area contributed by atoms with Crippen LogP contribution in [0.3, 0.4) is 0 Å². The minimum atomic E-state index is -4.66. The molecule has 1 aliphatic rings. The molecule has 4 rings (SSSR count). The first-order valence-corrected chi connectivity index (χ1v) is 11.5. The van der Waals surface area contributed by atoms with Gasteiger partial charge >= 0.3 is 6.18 Å². The van der Waals surface area contributed by atoms with Crippen LogP contribution in [0.5, 0.6) is 11.5 Å². The molecule has 1 heterocycles. The number of nitrogens with zero attached hydrogens (tertiary/aromatic N) is 3. The third-order valence-electron chi connectivity index (χ3n) is 6.29. The van der Waals surface area contributed by atoms with Gasteiger partial charge in [0.15, 0.2) is 0 Å². The van der Waals surface area contributed by atoms with Gasteiger partial charge in [-0.05, 0) is 61.6 Å². The molecular formula is C26H28F3N3O3. The maximum Gasteiger partial charge on any atom is 0.418 e. The van der Waals surface area contributed by atoms with Gasteiger partial charge in [-0.15, -0.1) is 0 Å². The Bertz CT molecular complexity index is 1280. The highest BCUT2D eigenvalue weighted by molar-refractivity contribution is 5.69. The molecule has 0 N–H and O–H groups in total. The van der Waals surface area contributed by atoms with E-state index in [2.05, 4.69) is 5.10 Å². The van der Waals surface area contributed by atoms with E-state index < -0.39 is 17.3 Å². The molecule has 0 spiro atoms. The Morgan fingerprint density at radius 3 is 2.29 bits per heavy atom. The largest absolute Gasteiger partial charge is 0.497 e. The molecular weight excluding hydrogens is 459 g/mol. The second kappa shape index (κ2) is 9.64. The van der Waals surface area contributed by atoms with Crippen LogP contribution in [0.25, 0.3) is 16.9 Å². The SMILES string of the molecule is CCCN(C)c1ccc(C(F)(F)F)c(-n2nc(-c3cc(OC)cc(OC)c3)c3c(c2=O)CCC3)c1. The molecule has 0 atom stereocenters. The number of hydrogen-bond acceptors (Lipinski definition) is 5. The summed E-state index contributed by atoms with van der Waals surface area (Å²) in [6.07, 6.45) is -1.99. The first kappa shape index (κ1) is 24.6. The van der Waals surface area contributed by atoms with Crippen molar-refractivity contribution in [1.29, 1.82) is 0 Å². The lowest BCUT2D eigenvalue weighted by atomic mass is 10.0. The second-order valence-electron chi connectivity index (χ2n) is 8.60. The fourth-order valence-electron chi connectivity index (χ4n) is 4.55. The summed E-state index contributed by atoms with van der Waals surface area (Å²) in [5.74, 6) is 1.04. The number of hydrogen-bond donors (Lipinski definition) is 0. The van der Waals surface area contributed by atoms with E-state index in [0.717, 1.165) is 29.2 Å². The van der Waals surface area contributed by atoms with Crippen molar-refractivity contribution in [3.05, 3.63) is 63.4 Å². The number of aromatic nitrogens is 2. The zero-order valence-corrected chi connectivity index (χ0v) is 20.2. The van der Waals surface area contributed by atoms with Crippen molar-refractivity contribution >= 4 is 5.69 Å². The molecule has 1 aromatic heterocycles. The molecule has 2 aromatic carbocycles. The summed E-state index contributed by atoms with van der Waals surface area (Å²) < 4.78 is 53.8. The highest BCUT2D eigenvalue weighted by Crippen LogP contribution is 2.37. The summed E-state index contributed by atoms with van der Waals surface area (Å²) in [6, 6.07) is 9.03. The van der Waals surface area contributed by atoms with Crippen LogP contribution in [0.2, 0.25) is 0 Å². The zero-order valence-electron chi connectivity index (χ0n) is 20.2. The Hall–Kier alpha value is -3.49. The van der Waals surface area contributed by atoms with Crippen LogP contribution < -0.4 is 19.9 Å². The van der Waals surface area contributed by atoms with Crippen LogP contribution >= 0.6 is 0 Å². The molecule has 1 aliphatic carbocycles. The number of ether oxygens (including phenoxy) is 2. The van der Waals surface area contributed by atoms with Crippen LogP contribution in [0.4, 0.5) is 18.9 Å². The van der Waals surface area contributed by atoms with E-state index in [-0.39, 0.29) is 5.69 Å². The molecule has 0 saturated heterocycles. The third kappa shape index (κ3) is 4.72. The van der Waals surface area contributed by atoms with Gasteiger partial charge in [-0.1, -0.05) is 6.92 Å². The molecule has 0 bridgehead atoms. The van der Waals surface area contributed by atoms with Gasteiger partial charge in [-0.2, -0.15) is 23.0 Å². The normalized spacial score (nSPS) is 13.0. The summed E-state index contributed by atoms with van der Waals surface area (Å²) in [4.78, 5) is 15.3. The van der Waals surface area contributed by atoms with E-state index in [1.54, 1.807) is 18.2 Å². The molecule has 6 nitrogen and oxygen atoms in total. The number of alkyl halides is 3. The monoisotopic (exact) mass is 487 g/mol. The van der Waals surface area contributed by atoms with Crippen molar-refractivity contribution in [2.75, 3.05) is 32.7 Å². The van der Waals surface area contributed by atoms with Crippen molar-refractivity contribution in [3.63, 3.8) is 0 Å². The van der Waals surface area contributed by atoms with Crippen LogP contribution in [-0.4, -0.2) is 37.6 Å². The number of benzene rings is 2. The van der Waals surface area contributed by atoms with Crippen LogP contribution in [0.15, 0.2) is 41.2 Å². The lowest BCUT2D eigenvalue weighted by Crippen LogP contribution is -2.28. The Morgan fingerprint density at radius 1 is 1.03 bits per heavy atom. The molecule has 0 unspecified atom stereocenters. The maximum atomic E-state index is 14.1. The summed E-state index contributed by atoms with van der Waals surface area (Å²) in [5, 5.41) is 4.53. The van der Waals surface area contributed by atoms with Gasteiger partial charge in [0.1, 0.15) is 11.5 Å². The van der Waals surface area contributed by atoms with E-state index in [4.69, 9.17) is 9.47 Å². The molecule has 3 aromatic rings. The van der Waals surface area contributed by atoms with Crippen molar-refractivity contribution in [1.82, 2.24) is 9.78 Å². The smallest absolute Gasteiger partial charge is 0.418 e. The predicted molar refractivity (Wildman–Crippen MR) is 129 cm³/mol.